The predicted octanol–water partition coefficient (Wildman–Crippen LogP) is 4.31. The van der Waals surface area contributed by atoms with Crippen LogP contribution in [-0.2, 0) is 0 Å². The Kier molecular flexibility index (Phi) is 5.48. The molecule has 0 radical (unpaired) electrons. The van der Waals surface area contributed by atoms with Crippen LogP contribution in [0.15, 0.2) is 54.6 Å². The van der Waals surface area contributed by atoms with E-state index in [4.69, 9.17) is 4.74 Å². The molecule has 0 aliphatic carbocycles. The molecule has 0 heterocycles. The van der Waals surface area contributed by atoms with Gasteiger partial charge < -0.3 is 9.64 Å². The van der Waals surface area contributed by atoms with E-state index in [1.165, 1.54) is 5.56 Å². The standard InChI is InChI=1S/C17H20BrNO/c1-19(16-10-6-7-11-17(16)20-2)13-15(12-18)14-8-4-3-5-9-14/h3-11,15H,12-13H2,1-2H3. The molecule has 20 heavy (non-hydrogen) atoms. The molecule has 106 valence electrons. The molecule has 2 nitrogen and oxygen atoms in total. The molecule has 2 aromatic rings. The van der Waals surface area contributed by atoms with Crippen LogP contribution < -0.4 is 9.64 Å². The molecule has 0 amide bonds. The molecule has 0 aliphatic rings. The molecule has 0 spiro atoms. The molecule has 0 N–H and O–H groups in total. The molecule has 0 fully saturated rings. The Morgan fingerprint density at radius 3 is 2.35 bits per heavy atom. The molecule has 2 rings (SSSR count). The van der Waals surface area contributed by atoms with Crippen molar-refractivity contribution in [3.05, 3.63) is 60.2 Å². The molecular formula is C17H20BrNO. The van der Waals surface area contributed by atoms with E-state index in [-0.39, 0.29) is 0 Å². The SMILES string of the molecule is COc1ccccc1N(C)CC(CBr)c1ccccc1. The van der Waals surface area contributed by atoms with Crippen LogP contribution in [0.2, 0.25) is 0 Å². The second-order valence-corrected chi connectivity index (χ2v) is 5.46. The summed E-state index contributed by atoms with van der Waals surface area (Å²) < 4.78 is 5.43. The van der Waals surface area contributed by atoms with Crippen molar-refractivity contribution < 1.29 is 4.74 Å². The number of hydrogen-bond donors (Lipinski definition) is 0. The number of halogens is 1. The number of hydrogen-bond acceptors (Lipinski definition) is 2. The minimum Gasteiger partial charge on any atom is -0.495 e. The Morgan fingerprint density at radius 2 is 1.70 bits per heavy atom. The van der Waals surface area contributed by atoms with Crippen molar-refractivity contribution in [2.45, 2.75) is 5.92 Å². The highest BCUT2D eigenvalue weighted by Crippen LogP contribution is 2.29. The van der Waals surface area contributed by atoms with Gasteiger partial charge in [-0.25, -0.2) is 0 Å². The maximum Gasteiger partial charge on any atom is 0.142 e. The number of methoxy groups -OCH3 is 1. The van der Waals surface area contributed by atoms with Gasteiger partial charge in [-0.1, -0.05) is 58.4 Å². The summed E-state index contributed by atoms with van der Waals surface area (Å²) in [6.45, 7) is 0.940. The summed E-state index contributed by atoms with van der Waals surface area (Å²) in [5.74, 6) is 1.36. The monoisotopic (exact) mass is 333 g/mol. The Labute approximate surface area is 129 Å². The number of rotatable bonds is 6. The number of likely N-dealkylation sites (N-methyl/N-ethyl adjacent to an activating group) is 1. The highest BCUT2D eigenvalue weighted by molar-refractivity contribution is 9.09. The molecule has 1 unspecified atom stereocenters. The molecule has 1 atom stereocenters. The smallest absolute Gasteiger partial charge is 0.142 e. The zero-order chi connectivity index (χ0) is 14.4. The number of ether oxygens (including phenoxy) is 1. The van der Waals surface area contributed by atoms with Crippen molar-refractivity contribution >= 4 is 21.6 Å². The van der Waals surface area contributed by atoms with Crippen LogP contribution in [0.4, 0.5) is 5.69 Å². The molecule has 0 aromatic heterocycles. The average molecular weight is 334 g/mol. The van der Waals surface area contributed by atoms with E-state index in [1.807, 2.05) is 18.2 Å². The van der Waals surface area contributed by atoms with E-state index < -0.39 is 0 Å². The summed E-state index contributed by atoms with van der Waals surface area (Å²) in [4.78, 5) is 2.25. The predicted molar refractivity (Wildman–Crippen MR) is 89.2 cm³/mol. The topological polar surface area (TPSA) is 12.5 Å². The van der Waals surface area contributed by atoms with Crippen molar-refractivity contribution in [1.29, 1.82) is 0 Å². The zero-order valence-electron chi connectivity index (χ0n) is 11.9. The van der Waals surface area contributed by atoms with Gasteiger partial charge in [-0.3, -0.25) is 0 Å². The second-order valence-electron chi connectivity index (χ2n) is 4.81. The average Bonchev–Trinajstić information content (AvgIpc) is 2.53. The van der Waals surface area contributed by atoms with E-state index in [0.29, 0.717) is 5.92 Å². The molecular weight excluding hydrogens is 314 g/mol. The maximum atomic E-state index is 5.43. The Balaban J connectivity index is 2.15. The van der Waals surface area contributed by atoms with Crippen LogP contribution in [0.25, 0.3) is 0 Å². The van der Waals surface area contributed by atoms with Gasteiger partial charge in [0.25, 0.3) is 0 Å². The van der Waals surface area contributed by atoms with Gasteiger partial charge in [-0.05, 0) is 17.7 Å². The van der Waals surface area contributed by atoms with Crippen LogP contribution >= 0.6 is 15.9 Å². The highest BCUT2D eigenvalue weighted by Gasteiger charge is 2.15. The van der Waals surface area contributed by atoms with Crippen molar-refractivity contribution in [2.24, 2.45) is 0 Å². The summed E-state index contributed by atoms with van der Waals surface area (Å²) in [7, 11) is 3.82. The quantitative estimate of drug-likeness (QED) is 0.730. The molecule has 2 aromatic carbocycles. The van der Waals surface area contributed by atoms with Crippen molar-refractivity contribution in [3.8, 4) is 5.75 Å². The fraction of sp³-hybridized carbons (Fsp3) is 0.294. The number of anilines is 1. The fourth-order valence-corrected chi connectivity index (χ4v) is 2.92. The Hall–Kier alpha value is -1.48. The van der Waals surface area contributed by atoms with Crippen LogP contribution in [0, 0.1) is 0 Å². The number of benzene rings is 2. The first kappa shape index (κ1) is 14.9. The first-order valence-corrected chi connectivity index (χ1v) is 7.83. The van der Waals surface area contributed by atoms with Gasteiger partial charge in [0, 0.05) is 24.8 Å². The summed E-state index contributed by atoms with van der Waals surface area (Å²) in [5.41, 5.74) is 2.48. The van der Waals surface area contributed by atoms with Gasteiger partial charge in [0.15, 0.2) is 0 Å². The van der Waals surface area contributed by atoms with Gasteiger partial charge in [-0.2, -0.15) is 0 Å². The molecule has 3 heteroatoms. The minimum absolute atomic E-state index is 0.450. The van der Waals surface area contributed by atoms with Crippen LogP contribution in [0.3, 0.4) is 0 Å². The lowest BCUT2D eigenvalue weighted by Crippen LogP contribution is -2.25. The van der Waals surface area contributed by atoms with Gasteiger partial charge >= 0.3 is 0 Å². The third kappa shape index (κ3) is 3.54. The molecule has 0 saturated heterocycles. The van der Waals surface area contributed by atoms with Gasteiger partial charge in [0.1, 0.15) is 5.75 Å². The van der Waals surface area contributed by atoms with Gasteiger partial charge in [0.2, 0.25) is 0 Å². The molecule has 0 bridgehead atoms. The van der Waals surface area contributed by atoms with Gasteiger partial charge in [0.05, 0.1) is 12.8 Å². The van der Waals surface area contributed by atoms with E-state index >= 15 is 0 Å². The lowest BCUT2D eigenvalue weighted by molar-refractivity contribution is 0.414. The summed E-state index contributed by atoms with van der Waals surface area (Å²) in [6.07, 6.45) is 0. The summed E-state index contributed by atoms with van der Waals surface area (Å²) in [6, 6.07) is 18.7. The van der Waals surface area contributed by atoms with Crippen LogP contribution in [0.1, 0.15) is 11.5 Å². The fourth-order valence-electron chi connectivity index (χ4n) is 2.34. The van der Waals surface area contributed by atoms with Crippen molar-refractivity contribution in [1.82, 2.24) is 0 Å². The normalized spacial score (nSPS) is 11.9. The van der Waals surface area contributed by atoms with E-state index in [2.05, 4.69) is 64.3 Å². The molecule has 0 saturated carbocycles. The van der Waals surface area contributed by atoms with Crippen molar-refractivity contribution in [2.75, 3.05) is 30.9 Å². The lowest BCUT2D eigenvalue weighted by atomic mass is 10.0. The van der Waals surface area contributed by atoms with E-state index in [1.54, 1.807) is 7.11 Å². The van der Waals surface area contributed by atoms with E-state index in [0.717, 1.165) is 23.3 Å². The lowest BCUT2D eigenvalue weighted by Gasteiger charge is -2.26. The first-order valence-electron chi connectivity index (χ1n) is 6.71. The number of para-hydroxylation sites is 2. The second kappa shape index (κ2) is 7.34. The third-order valence-electron chi connectivity index (χ3n) is 3.45. The van der Waals surface area contributed by atoms with Gasteiger partial charge in [-0.15, -0.1) is 0 Å². The summed E-state index contributed by atoms with van der Waals surface area (Å²) >= 11 is 3.63. The first-order chi connectivity index (χ1) is 9.76. The number of alkyl halides is 1. The van der Waals surface area contributed by atoms with Crippen LogP contribution in [-0.4, -0.2) is 26.0 Å². The Bertz CT molecular complexity index is 530. The summed E-state index contributed by atoms with van der Waals surface area (Å²) in [5, 5.41) is 0.941. The van der Waals surface area contributed by atoms with Crippen molar-refractivity contribution in [3.63, 3.8) is 0 Å². The number of nitrogens with zero attached hydrogens (tertiary/aromatic N) is 1. The largest absolute Gasteiger partial charge is 0.495 e. The zero-order valence-corrected chi connectivity index (χ0v) is 13.5. The molecule has 0 aliphatic heterocycles. The highest BCUT2D eigenvalue weighted by atomic mass is 79.9. The maximum absolute atomic E-state index is 5.43. The third-order valence-corrected chi connectivity index (χ3v) is 4.23. The van der Waals surface area contributed by atoms with E-state index in [9.17, 15) is 0 Å². The minimum atomic E-state index is 0.450. The Morgan fingerprint density at radius 1 is 1.05 bits per heavy atom. The van der Waals surface area contributed by atoms with Crippen LogP contribution in [0.5, 0.6) is 5.75 Å².